The number of halogens is 1. The molecule has 0 aliphatic heterocycles. The Hall–Kier alpha value is -4.32. The minimum absolute atomic E-state index is 0.0556. The van der Waals surface area contributed by atoms with Gasteiger partial charge in [-0.2, -0.15) is 14.6 Å². The van der Waals surface area contributed by atoms with Gasteiger partial charge >= 0.3 is 0 Å². The van der Waals surface area contributed by atoms with Crippen LogP contribution in [0.15, 0.2) is 58.1 Å². The first-order valence-electron chi connectivity index (χ1n) is 9.27. The average Bonchev–Trinajstić information content (AvgIpc) is 3.04. The topological polar surface area (TPSA) is 145 Å². The van der Waals surface area contributed by atoms with E-state index in [4.69, 9.17) is 9.90 Å². The van der Waals surface area contributed by atoms with Crippen molar-refractivity contribution in [3.05, 3.63) is 107 Å². The Morgan fingerprint density at radius 3 is 2.36 bits per heavy atom. The molecular formula is C21H15FN4O6S. The fraction of sp³-hybridized carbons (Fsp3) is 0.0952. The molecule has 0 saturated heterocycles. The van der Waals surface area contributed by atoms with Crippen LogP contribution < -0.4 is 15.7 Å². The quantitative estimate of drug-likeness (QED) is 0.351. The average molecular weight is 470 g/mol. The first-order chi connectivity index (χ1) is 15.6. The van der Waals surface area contributed by atoms with E-state index >= 15 is 0 Å². The molecule has 0 unspecified atom stereocenters. The predicted octanol–water partition coefficient (Wildman–Crippen LogP) is 1.79. The van der Waals surface area contributed by atoms with Gasteiger partial charge < -0.3 is 5.11 Å². The maximum Gasteiger partial charge on any atom is 0.300 e. The van der Waals surface area contributed by atoms with Crippen LogP contribution in [0.4, 0.5) is 10.1 Å². The molecule has 2 heterocycles. The van der Waals surface area contributed by atoms with Crippen LogP contribution in [0, 0.1) is 15.9 Å². The van der Waals surface area contributed by atoms with Crippen LogP contribution in [0.1, 0.15) is 23.7 Å². The minimum atomic E-state index is -0.833. The lowest BCUT2D eigenvalue weighted by atomic mass is 10.1. The Bertz CT molecular complexity index is 1490. The van der Waals surface area contributed by atoms with Gasteiger partial charge in [0.1, 0.15) is 11.5 Å². The summed E-state index contributed by atoms with van der Waals surface area (Å²) in [5.41, 5.74) is 0.270. The number of carboxylic acid groups (broad SMARTS) is 1. The van der Waals surface area contributed by atoms with Crippen molar-refractivity contribution in [3.8, 4) is 0 Å². The number of rotatable bonds is 4. The van der Waals surface area contributed by atoms with Crippen molar-refractivity contribution in [3.63, 3.8) is 0 Å². The van der Waals surface area contributed by atoms with E-state index in [-0.39, 0.29) is 27.3 Å². The molecule has 0 fully saturated rings. The summed E-state index contributed by atoms with van der Waals surface area (Å²) in [6.07, 6.45) is 1.67. The second kappa shape index (κ2) is 9.87. The number of nitrogens with zero attached hydrogens (tertiary/aromatic N) is 4. The van der Waals surface area contributed by atoms with Gasteiger partial charge in [-0.05, 0) is 41.5 Å². The van der Waals surface area contributed by atoms with Crippen molar-refractivity contribution in [2.45, 2.75) is 13.3 Å². The van der Waals surface area contributed by atoms with Crippen LogP contribution in [0.3, 0.4) is 0 Å². The summed E-state index contributed by atoms with van der Waals surface area (Å²) in [7, 11) is 0. The third-order valence-corrected chi connectivity index (χ3v) is 5.10. The van der Waals surface area contributed by atoms with E-state index in [0.717, 1.165) is 22.8 Å². The van der Waals surface area contributed by atoms with Crippen LogP contribution in [0.5, 0.6) is 0 Å². The molecule has 4 aromatic rings. The first kappa shape index (κ1) is 23.3. The number of fused-ring (bicyclic) bond motifs is 1. The minimum Gasteiger partial charge on any atom is -0.481 e. The molecule has 33 heavy (non-hydrogen) atoms. The van der Waals surface area contributed by atoms with Gasteiger partial charge in [0, 0.05) is 25.5 Å². The number of hydrogen-bond acceptors (Lipinski definition) is 8. The zero-order chi connectivity index (χ0) is 24.1. The maximum absolute atomic E-state index is 13.0. The zero-order valence-electron chi connectivity index (χ0n) is 17.0. The molecule has 0 amide bonds. The van der Waals surface area contributed by atoms with Crippen LogP contribution in [-0.2, 0) is 11.2 Å². The standard InChI is InChI=1S/C19H11FN4O4S.C2H4O2/c20-13-5-1-11(2-6-13)9-15-17(25)21-19-23(22-15)18(26)16(29-19)10-12-3-7-14(8-4-12)24(27)28;1-2(3)4/h1-8,10H,9H2;1H3,(H,3,4)/b16-10-;. The maximum atomic E-state index is 13.0. The fourth-order valence-electron chi connectivity index (χ4n) is 2.69. The summed E-state index contributed by atoms with van der Waals surface area (Å²) in [5.74, 6) is -1.22. The Morgan fingerprint density at radius 1 is 1.18 bits per heavy atom. The monoisotopic (exact) mass is 470 g/mol. The van der Waals surface area contributed by atoms with E-state index in [9.17, 15) is 24.1 Å². The summed E-state index contributed by atoms with van der Waals surface area (Å²) in [4.78, 5) is 48.2. The molecule has 0 radical (unpaired) electrons. The Labute approximate surface area is 188 Å². The van der Waals surface area contributed by atoms with Crippen molar-refractivity contribution >= 4 is 34.0 Å². The highest BCUT2D eigenvalue weighted by atomic mass is 32.1. The molecule has 0 saturated carbocycles. The van der Waals surface area contributed by atoms with E-state index in [2.05, 4.69) is 10.1 Å². The molecular weight excluding hydrogens is 455 g/mol. The number of aliphatic carboxylic acids is 1. The highest BCUT2D eigenvalue weighted by Crippen LogP contribution is 2.12. The molecule has 0 aliphatic carbocycles. The van der Waals surface area contributed by atoms with E-state index < -0.39 is 27.8 Å². The van der Waals surface area contributed by atoms with Gasteiger partial charge in [0.05, 0.1) is 9.46 Å². The van der Waals surface area contributed by atoms with E-state index in [1.165, 1.54) is 48.5 Å². The second-order valence-corrected chi connectivity index (χ2v) is 7.65. The number of hydrogen-bond donors (Lipinski definition) is 1. The lowest BCUT2D eigenvalue weighted by Gasteiger charge is -2.00. The molecule has 10 nitrogen and oxygen atoms in total. The number of aromatic nitrogens is 3. The Kier molecular flexibility index (Phi) is 6.98. The van der Waals surface area contributed by atoms with Crippen molar-refractivity contribution in [2.24, 2.45) is 0 Å². The summed E-state index contributed by atoms with van der Waals surface area (Å²) >= 11 is 0.998. The van der Waals surface area contributed by atoms with Gasteiger partial charge in [-0.1, -0.05) is 23.5 Å². The highest BCUT2D eigenvalue weighted by molar-refractivity contribution is 7.15. The highest BCUT2D eigenvalue weighted by Gasteiger charge is 2.12. The molecule has 4 rings (SSSR count). The predicted molar refractivity (Wildman–Crippen MR) is 118 cm³/mol. The van der Waals surface area contributed by atoms with Crippen LogP contribution in [-0.4, -0.2) is 30.6 Å². The molecule has 2 aromatic carbocycles. The van der Waals surface area contributed by atoms with Gasteiger partial charge in [-0.25, -0.2) is 4.39 Å². The summed E-state index contributed by atoms with van der Waals surface area (Å²) < 4.78 is 14.4. The second-order valence-electron chi connectivity index (χ2n) is 6.64. The summed E-state index contributed by atoms with van der Waals surface area (Å²) in [6, 6.07) is 11.3. The third kappa shape index (κ3) is 5.89. The number of thiazole rings is 1. The normalized spacial score (nSPS) is 11.2. The lowest BCUT2D eigenvalue weighted by Crippen LogP contribution is -2.28. The Balaban J connectivity index is 0.000000709. The number of benzene rings is 2. The van der Waals surface area contributed by atoms with Crippen molar-refractivity contribution in [1.29, 1.82) is 0 Å². The number of nitro groups is 1. The molecule has 2 aromatic heterocycles. The van der Waals surface area contributed by atoms with Gasteiger partial charge in [-0.3, -0.25) is 24.5 Å². The van der Waals surface area contributed by atoms with E-state index in [1.807, 2.05) is 0 Å². The molecule has 0 bridgehead atoms. The number of non-ortho nitro benzene ring substituents is 1. The van der Waals surface area contributed by atoms with E-state index in [0.29, 0.717) is 11.1 Å². The van der Waals surface area contributed by atoms with E-state index in [1.54, 1.807) is 6.08 Å². The molecule has 1 N–H and O–H groups in total. The number of nitro benzene ring substituents is 1. The summed E-state index contributed by atoms with van der Waals surface area (Å²) in [5, 5.41) is 22.3. The smallest absolute Gasteiger partial charge is 0.300 e. The zero-order valence-corrected chi connectivity index (χ0v) is 17.8. The Morgan fingerprint density at radius 2 is 1.79 bits per heavy atom. The SMILES string of the molecule is CC(=O)O.O=c1nc2s/c(=C\c3ccc([N+](=O)[O-])cc3)c(=O)n2nc1Cc1ccc(F)cc1. The van der Waals surface area contributed by atoms with Gasteiger partial charge in [0.25, 0.3) is 22.8 Å². The first-order valence-corrected chi connectivity index (χ1v) is 10.1. The van der Waals surface area contributed by atoms with Gasteiger partial charge in [-0.15, -0.1) is 0 Å². The van der Waals surface area contributed by atoms with Crippen molar-refractivity contribution in [2.75, 3.05) is 0 Å². The fourth-order valence-corrected chi connectivity index (χ4v) is 3.60. The van der Waals surface area contributed by atoms with Crippen LogP contribution in [0.2, 0.25) is 0 Å². The number of carbonyl (C=O) groups is 1. The van der Waals surface area contributed by atoms with Crippen molar-refractivity contribution < 1.29 is 19.2 Å². The van der Waals surface area contributed by atoms with Crippen LogP contribution in [0.25, 0.3) is 11.0 Å². The van der Waals surface area contributed by atoms with Gasteiger partial charge in [0.15, 0.2) is 0 Å². The lowest BCUT2D eigenvalue weighted by molar-refractivity contribution is -0.384. The number of carboxylic acids is 1. The third-order valence-electron chi connectivity index (χ3n) is 4.14. The molecule has 0 aliphatic rings. The molecule has 0 spiro atoms. The molecule has 168 valence electrons. The van der Waals surface area contributed by atoms with Crippen molar-refractivity contribution in [1.82, 2.24) is 14.6 Å². The summed E-state index contributed by atoms with van der Waals surface area (Å²) in [6.45, 7) is 1.08. The van der Waals surface area contributed by atoms with Gasteiger partial charge in [0.2, 0.25) is 4.96 Å². The molecule has 0 atom stereocenters. The largest absolute Gasteiger partial charge is 0.481 e. The molecule has 12 heteroatoms. The van der Waals surface area contributed by atoms with Crippen LogP contribution >= 0.6 is 11.3 Å².